The van der Waals surface area contributed by atoms with Crippen LogP contribution in [-0.4, -0.2) is 23.3 Å². The maximum Gasteiger partial charge on any atom is 0.271 e. The van der Waals surface area contributed by atoms with Crippen LogP contribution in [0.2, 0.25) is 5.02 Å². The van der Waals surface area contributed by atoms with Gasteiger partial charge in [-0.1, -0.05) is 23.7 Å². The summed E-state index contributed by atoms with van der Waals surface area (Å²) >= 11 is 9.51. The van der Waals surface area contributed by atoms with E-state index in [4.69, 9.17) is 21.1 Å². The number of nitrogens with zero attached hydrogens (tertiary/aromatic N) is 2. The third-order valence-electron chi connectivity index (χ3n) is 5.04. The molecule has 4 rings (SSSR count). The third-order valence-corrected chi connectivity index (χ3v) is 5.88. The first-order valence-electron chi connectivity index (χ1n) is 10.9. The summed E-state index contributed by atoms with van der Waals surface area (Å²) in [5.41, 5.74) is 5.77. The number of hydrogen-bond donors (Lipinski definition) is 1. The molecule has 0 aliphatic carbocycles. The van der Waals surface area contributed by atoms with Crippen molar-refractivity contribution in [1.29, 1.82) is 0 Å². The minimum Gasteiger partial charge on any atom is -0.490 e. The van der Waals surface area contributed by atoms with E-state index >= 15 is 0 Å². The zero-order valence-corrected chi connectivity index (χ0v) is 21.3. The second-order valence-corrected chi connectivity index (χ2v) is 8.81. The number of hydrazone groups is 1. The lowest BCUT2D eigenvalue weighted by atomic mass is 10.2. The quantitative estimate of drug-likeness (QED) is 0.187. The number of nitrogens with one attached hydrogen (secondary N) is 1. The molecule has 0 atom stereocenters. The van der Waals surface area contributed by atoms with Crippen LogP contribution in [0.1, 0.15) is 28.4 Å². The highest BCUT2D eigenvalue weighted by atomic mass is 79.9. The maximum absolute atomic E-state index is 12.5. The van der Waals surface area contributed by atoms with Crippen molar-refractivity contribution >= 4 is 39.7 Å². The van der Waals surface area contributed by atoms with Gasteiger partial charge in [-0.2, -0.15) is 5.10 Å². The van der Waals surface area contributed by atoms with E-state index in [1.54, 1.807) is 18.3 Å². The minimum absolute atomic E-state index is 0.299. The Labute approximate surface area is 217 Å². The largest absolute Gasteiger partial charge is 0.490 e. The van der Waals surface area contributed by atoms with Crippen LogP contribution in [-0.2, 0) is 6.61 Å². The number of halogens is 2. The van der Waals surface area contributed by atoms with Gasteiger partial charge in [-0.3, -0.25) is 4.79 Å². The molecule has 4 aromatic rings. The first-order valence-corrected chi connectivity index (χ1v) is 12.1. The number of carbonyl (C=O) groups is 1. The van der Waals surface area contributed by atoms with Gasteiger partial charge in [-0.25, -0.2) is 5.43 Å². The van der Waals surface area contributed by atoms with E-state index in [1.807, 2.05) is 84.5 Å². The lowest BCUT2D eigenvalue weighted by molar-refractivity contribution is 0.0955. The van der Waals surface area contributed by atoms with Crippen LogP contribution in [0.5, 0.6) is 11.5 Å². The van der Waals surface area contributed by atoms with Crippen LogP contribution in [0.25, 0.3) is 5.69 Å². The van der Waals surface area contributed by atoms with Crippen LogP contribution >= 0.6 is 27.5 Å². The standard InChI is InChI=1S/C27H23BrClN3O3/c1-2-34-25-16-20(15-24(28)26(25)35-18-19-5-9-22(29)10-6-19)17-30-31-27(33)21-7-11-23(12-8-21)32-13-3-4-14-32/h3-17H,2,18H2,1H3,(H,31,33). The predicted octanol–water partition coefficient (Wildman–Crippen LogP) is 6.63. The number of aromatic nitrogens is 1. The Kier molecular flexibility index (Phi) is 8.23. The van der Waals surface area contributed by atoms with E-state index in [9.17, 15) is 4.79 Å². The minimum atomic E-state index is -0.299. The molecule has 35 heavy (non-hydrogen) atoms. The molecule has 0 fully saturated rings. The van der Waals surface area contributed by atoms with Gasteiger partial charge in [0.1, 0.15) is 6.61 Å². The second kappa shape index (κ2) is 11.7. The fourth-order valence-corrected chi connectivity index (χ4v) is 4.02. The highest BCUT2D eigenvalue weighted by Crippen LogP contribution is 2.37. The number of ether oxygens (including phenoxy) is 2. The van der Waals surface area contributed by atoms with Crippen molar-refractivity contribution in [2.45, 2.75) is 13.5 Å². The van der Waals surface area contributed by atoms with E-state index in [2.05, 4.69) is 26.5 Å². The van der Waals surface area contributed by atoms with Crippen LogP contribution in [0.15, 0.2) is 94.8 Å². The molecule has 0 saturated carbocycles. The lowest BCUT2D eigenvalue weighted by Crippen LogP contribution is -2.17. The Bertz CT molecular complexity index is 1310. The molecule has 8 heteroatoms. The molecule has 0 aliphatic heterocycles. The van der Waals surface area contributed by atoms with Gasteiger partial charge in [-0.05, 0) is 94.6 Å². The molecule has 1 N–H and O–H groups in total. The summed E-state index contributed by atoms with van der Waals surface area (Å²) in [6.07, 6.45) is 5.45. The summed E-state index contributed by atoms with van der Waals surface area (Å²) in [7, 11) is 0. The Morgan fingerprint density at radius 3 is 2.46 bits per heavy atom. The highest BCUT2D eigenvalue weighted by Gasteiger charge is 2.12. The van der Waals surface area contributed by atoms with Gasteiger partial charge in [-0.15, -0.1) is 0 Å². The summed E-state index contributed by atoms with van der Waals surface area (Å²) < 4.78 is 14.5. The van der Waals surface area contributed by atoms with Crippen molar-refractivity contribution in [2.75, 3.05) is 6.61 Å². The number of hydrogen-bond acceptors (Lipinski definition) is 4. The number of benzene rings is 3. The molecule has 0 saturated heterocycles. The first kappa shape index (κ1) is 24.6. The molecule has 0 bridgehead atoms. The summed E-state index contributed by atoms with van der Waals surface area (Å²) in [5, 5.41) is 4.78. The van der Waals surface area contributed by atoms with Crippen LogP contribution in [0.4, 0.5) is 0 Å². The fourth-order valence-electron chi connectivity index (χ4n) is 3.32. The number of rotatable bonds is 9. The lowest BCUT2D eigenvalue weighted by Gasteiger charge is -2.14. The average molecular weight is 553 g/mol. The summed E-state index contributed by atoms with van der Waals surface area (Å²) in [5.74, 6) is 0.863. The monoisotopic (exact) mass is 551 g/mol. The van der Waals surface area contributed by atoms with Crippen molar-refractivity contribution in [2.24, 2.45) is 5.10 Å². The number of carbonyl (C=O) groups excluding carboxylic acids is 1. The first-order chi connectivity index (χ1) is 17.0. The van der Waals surface area contributed by atoms with Gasteiger partial charge in [0.25, 0.3) is 5.91 Å². The molecular formula is C27H23BrClN3O3. The van der Waals surface area contributed by atoms with Crippen molar-refractivity contribution in [1.82, 2.24) is 9.99 Å². The summed E-state index contributed by atoms with van der Waals surface area (Å²) in [6, 6.07) is 22.3. The van der Waals surface area contributed by atoms with E-state index in [0.717, 1.165) is 16.8 Å². The van der Waals surface area contributed by atoms with Crippen molar-refractivity contribution in [3.63, 3.8) is 0 Å². The molecular weight excluding hydrogens is 530 g/mol. The van der Waals surface area contributed by atoms with Crippen molar-refractivity contribution in [3.8, 4) is 17.2 Å². The average Bonchev–Trinajstić information content (AvgIpc) is 3.40. The maximum atomic E-state index is 12.5. The Hall–Kier alpha value is -3.55. The Morgan fingerprint density at radius 2 is 1.77 bits per heavy atom. The molecule has 0 unspecified atom stereocenters. The molecule has 1 aromatic heterocycles. The van der Waals surface area contributed by atoms with E-state index in [-0.39, 0.29) is 5.91 Å². The van der Waals surface area contributed by atoms with Crippen LogP contribution in [0, 0.1) is 0 Å². The predicted molar refractivity (Wildman–Crippen MR) is 142 cm³/mol. The Balaban J connectivity index is 1.42. The van der Waals surface area contributed by atoms with E-state index < -0.39 is 0 Å². The van der Waals surface area contributed by atoms with Gasteiger partial charge < -0.3 is 14.0 Å². The van der Waals surface area contributed by atoms with Gasteiger partial charge >= 0.3 is 0 Å². The smallest absolute Gasteiger partial charge is 0.271 e. The topological polar surface area (TPSA) is 64.8 Å². The van der Waals surface area contributed by atoms with Gasteiger partial charge in [0.05, 0.1) is 17.3 Å². The van der Waals surface area contributed by atoms with E-state index in [0.29, 0.717) is 39.8 Å². The van der Waals surface area contributed by atoms with Crippen LogP contribution in [0.3, 0.4) is 0 Å². The zero-order chi connectivity index (χ0) is 24.6. The summed E-state index contributed by atoms with van der Waals surface area (Å²) in [4.78, 5) is 12.5. The van der Waals surface area contributed by atoms with Gasteiger partial charge in [0.15, 0.2) is 11.5 Å². The molecule has 1 heterocycles. The fraction of sp³-hybridized carbons (Fsp3) is 0.111. The van der Waals surface area contributed by atoms with Gasteiger partial charge in [0.2, 0.25) is 0 Å². The van der Waals surface area contributed by atoms with Gasteiger partial charge in [0, 0.05) is 28.7 Å². The summed E-state index contributed by atoms with van der Waals surface area (Å²) in [6.45, 7) is 2.74. The highest BCUT2D eigenvalue weighted by molar-refractivity contribution is 9.10. The van der Waals surface area contributed by atoms with Crippen LogP contribution < -0.4 is 14.9 Å². The third kappa shape index (κ3) is 6.53. The molecule has 1 amide bonds. The molecule has 3 aromatic carbocycles. The van der Waals surface area contributed by atoms with Crippen molar-refractivity contribution < 1.29 is 14.3 Å². The number of amides is 1. The molecule has 6 nitrogen and oxygen atoms in total. The van der Waals surface area contributed by atoms with Crippen molar-refractivity contribution in [3.05, 3.63) is 111 Å². The normalized spacial score (nSPS) is 10.9. The SMILES string of the molecule is CCOc1cc(C=NNC(=O)c2ccc(-n3cccc3)cc2)cc(Br)c1OCc1ccc(Cl)cc1. The van der Waals surface area contributed by atoms with E-state index in [1.165, 1.54) is 0 Å². The molecule has 178 valence electrons. The second-order valence-electron chi connectivity index (χ2n) is 7.51. The molecule has 0 spiro atoms. The Morgan fingerprint density at radius 1 is 1.06 bits per heavy atom. The molecule has 0 aliphatic rings. The zero-order valence-electron chi connectivity index (χ0n) is 18.9. The molecule has 0 radical (unpaired) electrons.